The van der Waals surface area contributed by atoms with E-state index in [9.17, 15) is 28.2 Å². The van der Waals surface area contributed by atoms with E-state index in [1.54, 1.807) is 0 Å². The topological polar surface area (TPSA) is 136 Å². The second-order valence-corrected chi connectivity index (χ2v) is 12.3. The van der Waals surface area contributed by atoms with Crippen molar-refractivity contribution in [1.29, 1.82) is 0 Å². The molecule has 3 aromatic rings. The molecule has 4 rings (SSSR count). The summed E-state index contributed by atoms with van der Waals surface area (Å²) < 4.78 is 27.1. The predicted octanol–water partition coefficient (Wildman–Crippen LogP) is 2.49. The maximum Gasteiger partial charge on any atom is 0.251 e. The van der Waals surface area contributed by atoms with Gasteiger partial charge in [-0.1, -0.05) is 67.6 Å². The van der Waals surface area contributed by atoms with E-state index >= 15 is 0 Å². The van der Waals surface area contributed by atoms with Crippen molar-refractivity contribution in [3.63, 3.8) is 0 Å². The van der Waals surface area contributed by atoms with Gasteiger partial charge in [0.15, 0.2) is 0 Å². The van der Waals surface area contributed by atoms with Gasteiger partial charge in [-0.3, -0.25) is 9.59 Å². The Morgan fingerprint density at radius 3 is 1.98 bits per heavy atom. The Morgan fingerprint density at radius 2 is 1.39 bits per heavy atom. The first-order valence-corrected chi connectivity index (χ1v) is 15.2. The second kappa shape index (κ2) is 13.9. The first kappa shape index (κ1) is 30.4. The zero-order valence-electron chi connectivity index (χ0n) is 23.0. The lowest BCUT2D eigenvalue weighted by Gasteiger charge is -2.30. The van der Waals surface area contributed by atoms with Gasteiger partial charge in [0.2, 0.25) is 15.9 Å². The van der Waals surface area contributed by atoms with E-state index in [1.807, 2.05) is 60.7 Å². The van der Waals surface area contributed by atoms with Crippen molar-refractivity contribution in [2.75, 3.05) is 13.1 Å². The van der Waals surface area contributed by atoms with Gasteiger partial charge in [-0.2, -0.15) is 4.31 Å². The number of nitrogens with one attached hydrogen (secondary N) is 2. The lowest BCUT2D eigenvalue weighted by molar-refractivity contribution is -0.131. The highest BCUT2D eigenvalue weighted by Gasteiger charge is 2.35. The summed E-state index contributed by atoms with van der Waals surface area (Å²) >= 11 is 0. The summed E-state index contributed by atoms with van der Waals surface area (Å²) in [5, 5.41) is 27.7. The molecule has 0 aromatic heterocycles. The average molecular weight is 580 g/mol. The molecule has 9 nitrogen and oxygen atoms in total. The number of hydrogen-bond acceptors (Lipinski definition) is 6. The van der Waals surface area contributed by atoms with Crippen LogP contribution in [0.1, 0.15) is 41.3 Å². The van der Waals surface area contributed by atoms with Gasteiger partial charge >= 0.3 is 0 Å². The molecule has 0 spiro atoms. The molecule has 4 N–H and O–H groups in total. The summed E-state index contributed by atoms with van der Waals surface area (Å²) in [6.07, 6.45) is -1.09. The minimum atomic E-state index is -3.62. The van der Waals surface area contributed by atoms with E-state index in [-0.39, 0.29) is 23.4 Å². The molecule has 1 saturated heterocycles. The number of rotatable bonds is 12. The van der Waals surface area contributed by atoms with E-state index < -0.39 is 46.0 Å². The molecule has 41 heavy (non-hydrogen) atoms. The standard InChI is InChI=1S/C31H37N3O6S/c1-22(30(37)32-21-24-12-6-3-7-13-24)28(35)29(36)27(20-23-10-4-2-5-11-23)33-31(38)25-14-16-26(17-15-25)41(39,40)34-18-8-9-19-34/h2-7,10-17,22,27-29,35-36H,8-9,18-21H2,1H3,(H,32,37)(H,33,38). The number of amides is 2. The van der Waals surface area contributed by atoms with E-state index in [2.05, 4.69) is 10.6 Å². The summed E-state index contributed by atoms with van der Waals surface area (Å²) in [7, 11) is -3.62. The maximum atomic E-state index is 13.2. The van der Waals surface area contributed by atoms with Crippen LogP contribution >= 0.6 is 0 Å². The lowest BCUT2D eigenvalue weighted by Crippen LogP contribution is -2.53. The Kier molecular flexibility index (Phi) is 10.3. The molecule has 0 bridgehead atoms. The van der Waals surface area contributed by atoms with Gasteiger partial charge in [-0.25, -0.2) is 8.42 Å². The van der Waals surface area contributed by atoms with Crippen molar-refractivity contribution >= 4 is 21.8 Å². The molecule has 3 aromatic carbocycles. The van der Waals surface area contributed by atoms with Crippen molar-refractivity contribution < 1.29 is 28.2 Å². The SMILES string of the molecule is CC(C(=O)NCc1ccccc1)C(O)C(O)C(Cc1ccccc1)NC(=O)c1ccc(S(=O)(=O)N2CCCC2)cc1. The molecule has 1 heterocycles. The van der Waals surface area contributed by atoms with Crippen LogP contribution < -0.4 is 10.6 Å². The Hall–Kier alpha value is -3.57. The third-order valence-electron chi connectivity index (χ3n) is 7.43. The second-order valence-electron chi connectivity index (χ2n) is 10.4. The highest BCUT2D eigenvalue weighted by atomic mass is 32.2. The minimum Gasteiger partial charge on any atom is -0.390 e. The summed E-state index contributed by atoms with van der Waals surface area (Å²) in [6.45, 7) is 2.76. The summed E-state index contributed by atoms with van der Waals surface area (Å²) in [5.74, 6) is -1.93. The van der Waals surface area contributed by atoms with Gasteiger partial charge in [-0.05, 0) is 54.7 Å². The molecule has 1 aliphatic heterocycles. The fourth-order valence-electron chi connectivity index (χ4n) is 4.87. The number of benzene rings is 3. The van der Waals surface area contributed by atoms with Crippen LogP contribution in [-0.2, 0) is 27.8 Å². The van der Waals surface area contributed by atoms with Crippen LogP contribution in [0.5, 0.6) is 0 Å². The van der Waals surface area contributed by atoms with Crippen molar-refractivity contribution in [2.45, 2.75) is 55.9 Å². The molecule has 1 aliphatic rings. The highest BCUT2D eigenvalue weighted by molar-refractivity contribution is 7.89. The van der Waals surface area contributed by atoms with Gasteiger partial charge in [0, 0.05) is 25.2 Å². The Bertz CT molecular complexity index is 1390. The Labute approximate surface area is 241 Å². The van der Waals surface area contributed by atoms with Crippen LogP contribution in [0.4, 0.5) is 0 Å². The molecule has 4 unspecified atom stereocenters. The third-order valence-corrected chi connectivity index (χ3v) is 9.34. The molecule has 218 valence electrons. The van der Waals surface area contributed by atoms with Gasteiger partial charge in [-0.15, -0.1) is 0 Å². The average Bonchev–Trinajstić information content (AvgIpc) is 3.56. The molecule has 1 fully saturated rings. The number of carbonyl (C=O) groups is 2. The summed E-state index contributed by atoms with van der Waals surface area (Å²) in [6, 6.07) is 23.3. The fourth-order valence-corrected chi connectivity index (χ4v) is 6.38. The van der Waals surface area contributed by atoms with Crippen LogP contribution in [0.25, 0.3) is 0 Å². The lowest BCUT2D eigenvalue weighted by atomic mass is 9.90. The summed E-state index contributed by atoms with van der Waals surface area (Å²) in [5.41, 5.74) is 1.92. The Morgan fingerprint density at radius 1 is 0.829 bits per heavy atom. The molecule has 4 atom stereocenters. The smallest absolute Gasteiger partial charge is 0.251 e. The Balaban J connectivity index is 1.45. The van der Waals surface area contributed by atoms with E-state index in [1.165, 1.54) is 35.5 Å². The zero-order valence-corrected chi connectivity index (χ0v) is 23.8. The van der Waals surface area contributed by atoms with Gasteiger partial charge in [0.25, 0.3) is 5.91 Å². The minimum absolute atomic E-state index is 0.114. The highest BCUT2D eigenvalue weighted by Crippen LogP contribution is 2.22. The fraction of sp³-hybridized carbons (Fsp3) is 0.355. The van der Waals surface area contributed by atoms with E-state index in [0.717, 1.165) is 24.0 Å². The molecule has 0 aliphatic carbocycles. The number of aliphatic hydroxyl groups excluding tert-OH is 2. The van der Waals surface area contributed by atoms with Crippen LogP contribution in [0.2, 0.25) is 0 Å². The zero-order chi connectivity index (χ0) is 29.4. The van der Waals surface area contributed by atoms with Crippen molar-refractivity contribution in [1.82, 2.24) is 14.9 Å². The molecule has 10 heteroatoms. The largest absolute Gasteiger partial charge is 0.390 e. The van der Waals surface area contributed by atoms with Crippen LogP contribution in [-0.4, -0.2) is 66.1 Å². The quantitative estimate of drug-likeness (QED) is 0.260. The maximum absolute atomic E-state index is 13.2. The van der Waals surface area contributed by atoms with Crippen molar-refractivity contribution in [3.8, 4) is 0 Å². The number of aliphatic hydroxyl groups is 2. The number of hydrogen-bond donors (Lipinski definition) is 4. The normalized spacial score (nSPS) is 16.9. The molecule has 0 saturated carbocycles. The number of carbonyl (C=O) groups excluding carboxylic acids is 2. The molecular weight excluding hydrogens is 542 g/mol. The molecule has 2 amide bonds. The number of sulfonamides is 1. The monoisotopic (exact) mass is 579 g/mol. The summed E-state index contributed by atoms with van der Waals surface area (Å²) in [4.78, 5) is 26.1. The molecular formula is C31H37N3O6S. The third kappa shape index (κ3) is 7.80. The van der Waals surface area contributed by atoms with E-state index in [4.69, 9.17) is 0 Å². The van der Waals surface area contributed by atoms with Crippen LogP contribution in [0.15, 0.2) is 89.8 Å². The van der Waals surface area contributed by atoms with Crippen molar-refractivity contribution in [3.05, 3.63) is 102 Å². The molecule has 0 radical (unpaired) electrons. The predicted molar refractivity (Wildman–Crippen MR) is 155 cm³/mol. The van der Waals surface area contributed by atoms with E-state index in [0.29, 0.717) is 13.1 Å². The van der Waals surface area contributed by atoms with Crippen LogP contribution in [0.3, 0.4) is 0 Å². The number of nitrogens with zero attached hydrogens (tertiary/aromatic N) is 1. The van der Waals surface area contributed by atoms with Gasteiger partial charge in [0.05, 0.1) is 23.0 Å². The van der Waals surface area contributed by atoms with Gasteiger partial charge in [0.1, 0.15) is 6.10 Å². The first-order valence-electron chi connectivity index (χ1n) is 13.8. The van der Waals surface area contributed by atoms with Gasteiger partial charge < -0.3 is 20.8 Å². The first-order chi connectivity index (χ1) is 19.7. The van der Waals surface area contributed by atoms with Crippen molar-refractivity contribution in [2.24, 2.45) is 5.92 Å². The van der Waals surface area contributed by atoms with Crippen LogP contribution in [0, 0.1) is 5.92 Å².